The Morgan fingerprint density at radius 3 is 2.95 bits per heavy atom. The third-order valence-electron chi connectivity index (χ3n) is 2.95. The van der Waals surface area contributed by atoms with Crippen LogP contribution in [0.25, 0.3) is 0 Å². The smallest absolute Gasteiger partial charge is 0.330 e. The lowest BCUT2D eigenvalue weighted by Gasteiger charge is -2.27. The Hall–Kier alpha value is -2.06. The molecule has 0 spiro atoms. The molecule has 0 aliphatic heterocycles. The second-order valence-electron chi connectivity index (χ2n) is 4.30. The van der Waals surface area contributed by atoms with E-state index in [2.05, 4.69) is 10.4 Å². The molecule has 2 rings (SSSR count). The zero-order chi connectivity index (χ0) is 15.9. The molecule has 1 atom stereocenters. The van der Waals surface area contributed by atoms with Crippen LogP contribution in [0, 0.1) is 5.82 Å². The van der Waals surface area contributed by atoms with E-state index in [4.69, 9.17) is 17.0 Å². The van der Waals surface area contributed by atoms with Gasteiger partial charge in [-0.25, -0.2) is 14.2 Å². The standard InChI is InChI=1S/C14H14FN3O2S2/c1-20-13(19)12(8-10-4-2-3-5-11(10)15)18(9-21)17-14-16-6-7-22-14/h2-7,9,12H,8H2,1H3,(H,16,17). The number of halogens is 1. The van der Waals surface area contributed by atoms with Crippen LogP contribution >= 0.6 is 23.6 Å². The van der Waals surface area contributed by atoms with Crippen molar-refractivity contribution in [2.24, 2.45) is 0 Å². The molecule has 0 radical (unpaired) electrons. The first-order valence-electron chi connectivity index (χ1n) is 6.36. The fourth-order valence-electron chi connectivity index (χ4n) is 1.87. The van der Waals surface area contributed by atoms with E-state index in [1.165, 1.54) is 35.0 Å². The number of carbonyl (C=O) groups is 1. The molecule has 0 fully saturated rings. The first-order chi connectivity index (χ1) is 10.7. The van der Waals surface area contributed by atoms with E-state index in [9.17, 15) is 9.18 Å². The minimum atomic E-state index is -0.803. The Labute approximate surface area is 136 Å². The largest absolute Gasteiger partial charge is 0.467 e. The van der Waals surface area contributed by atoms with Crippen LogP contribution in [0.1, 0.15) is 5.56 Å². The van der Waals surface area contributed by atoms with Gasteiger partial charge in [-0.3, -0.25) is 10.4 Å². The molecule has 1 N–H and O–H groups in total. The highest BCUT2D eigenvalue weighted by Crippen LogP contribution is 2.17. The summed E-state index contributed by atoms with van der Waals surface area (Å²) in [7, 11) is 1.28. The van der Waals surface area contributed by atoms with Crippen LogP contribution in [0.4, 0.5) is 9.52 Å². The van der Waals surface area contributed by atoms with E-state index in [-0.39, 0.29) is 12.2 Å². The Morgan fingerprint density at radius 2 is 2.36 bits per heavy atom. The van der Waals surface area contributed by atoms with Gasteiger partial charge in [0.2, 0.25) is 5.13 Å². The number of anilines is 1. The van der Waals surface area contributed by atoms with Crippen LogP contribution in [-0.4, -0.2) is 34.6 Å². The molecule has 0 saturated carbocycles. The number of thiocarbonyl (C=S) groups is 1. The van der Waals surface area contributed by atoms with Crippen molar-refractivity contribution in [2.75, 3.05) is 12.5 Å². The molecule has 22 heavy (non-hydrogen) atoms. The number of hydrogen-bond acceptors (Lipinski definition) is 6. The van der Waals surface area contributed by atoms with Gasteiger partial charge < -0.3 is 4.74 Å². The highest BCUT2D eigenvalue weighted by Gasteiger charge is 2.27. The number of hydrazine groups is 1. The molecular formula is C14H14FN3O2S2. The summed E-state index contributed by atoms with van der Waals surface area (Å²) in [5.41, 5.74) is 4.61. The minimum absolute atomic E-state index is 0.116. The molecule has 116 valence electrons. The number of esters is 1. The molecule has 2 aromatic rings. The topological polar surface area (TPSA) is 54.5 Å². The number of nitrogens with one attached hydrogen (secondary N) is 1. The molecule has 1 aromatic carbocycles. The highest BCUT2D eigenvalue weighted by molar-refractivity contribution is 7.78. The summed E-state index contributed by atoms with van der Waals surface area (Å²) in [6, 6.07) is 5.47. The number of rotatable bonds is 7. The number of aromatic nitrogens is 1. The van der Waals surface area contributed by atoms with E-state index < -0.39 is 12.0 Å². The zero-order valence-electron chi connectivity index (χ0n) is 11.7. The highest BCUT2D eigenvalue weighted by atomic mass is 32.1. The lowest BCUT2D eigenvalue weighted by atomic mass is 10.1. The van der Waals surface area contributed by atoms with Crippen molar-refractivity contribution in [2.45, 2.75) is 12.5 Å². The predicted octanol–water partition coefficient (Wildman–Crippen LogP) is 2.65. The van der Waals surface area contributed by atoms with Crippen LogP contribution in [0.5, 0.6) is 0 Å². The van der Waals surface area contributed by atoms with Crippen LogP contribution in [0.15, 0.2) is 35.8 Å². The number of thiazole rings is 1. The second-order valence-corrected chi connectivity index (χ2v) is 5.40. The van der Waals surface area contributed by atoms with Crippen molar-refractivity contribution in [3.63, 3.8) is 0 Å². The van der Waals surface area contributed by atoms with E-state index in [1.54, 1.807) is 29.8 Å². The average molecular weight is 339 g/mol. The van der Waals surface area contributed by atoms with Gasteiger partial charge in [0.25, 0.3) is 0 Å². The predicted molar refractivity (Wildman–Crippen MR) is 87.1 cm³/mol. The van der Waals surface area contributed by atoms with Gasteiger partial charge in [0, 0.05) is 18.0 Å². The maximum Gasteiger partial charge on any atom is 0.330 e. The van der Waals surface area contributed by atoms with E-state index in [1.807, 2.05) is 0 Å². The van der Waals surface area contributed by atoms with Crippen LogP contribution in [-0.2, 0) is 16.0 Å². The average Bonchev–Trinajstić information content (AvgIpc) is 3.04. The fraction of sp³-hybridized carbons (Fsp3) is 0.214. The van der Waals surface area contributed by atoms with Gasteiger partial charge in [-0.1, -0.05) is 30.4 Å². The molecule has 0 bridgehead atoms. The van der Waals surface area contributed by atoms with Crippen molar-refractivity contribution < 1.29 is 13.9 Å². The van der Waals surface area contributed by atoms with Crippen LogP contribution < -0.4 is 5.43 Å². The molecule has 0 aliphatic rings. The lowest BCUT2D eigenvalue weighted by Crippen LogP contribution is -2.45. The first-order valence-corrected chi connectivity index (χ1v) is 7.72. The number of nitrogens with zero attached hydrogens (tertiary/aromatic N) is 2. The van der Waals surface area contributed by atoms with Gasteiger partial charge >= 0.3 is 5.97 Å². The van der Waals surface area contributed by atoms with Crippen molar-refractivity contribution in [1.82, 2.24) is 9.99 Å². The number of benzene rings is 1. The molecule has 1 heterocycles. The lowest BCUT2D eigenvalue weighted by molar-refractivity contribution is -0.144. The molecule has 5 nitrogen and oxygen atoms in total. The summed E-state index contributed by atoms with van der Waals surface area (Å²) in [5, 5.41) is 3.75. The number of ether oxygens (including phenoxy) is 1. The third kappa shape index (κ3) is 3.99. The summed E-state index contributed by atoms with van der Waals surface area (Å²) in [5.74, 6) is -0.900. The van der Waals surface area contributed by atoms with Gasteiger partial charge in [-0.05, 0) is 11.6 Å². The van der Waals surface area contributed by atoms with Crippen molar-refractivity contribution in [3.8, 4) is 0 Å². The maximum atomic E-state index is 13.8. The van der Waals surface area contributed by atoms with Gasteiger partial charge in [0.05, 0.1) is 12.6 Å². The fourth-order valence-corrected chi connectivity index (χ4v) is 2.60. The number of carbonyl (C=O) groups excluding carboxylic acids is 1. The van der Waals surface area contributed by atoms with E-state index >= 15 is 0 Å². The summed E-state index contributed by atoms with van der Waals surface area (Å²) in [4.78, 5) is 16.1. The van der Waals surface area contributed by atoms with E-state index in [0.29, 0.717) is 10.7 Å². The molecular weight excluding hydrogens is 325 g/mol. The van der Waals surface area contributed by atoms with Crippen LogP contribution in [0.2, 0.25) is 0 Å². The summed E-state index contributed by atoms with van der Waals surface area (Å²) >= 11 is 6.31. The Kier molecular flexibility index (Phi) is 5.79. The van der Waals surface area contributed by atoms with Crippen molar-refractivity contribution in [3.05, 3.63) is 47.2 Å². The SMILES string of the molecule is COC(=O)C(Cc1ccccc1F)N(C=S)Nc1nccs1. The van der Waals surface area contributed by atoms with Gasteiger partial charge in [0.15, 0.2) is 6.04 Å². The Balaban J connectivity index is 2.22. The third-order valence-corrected chi connectivity index (χ3v) is 3.86. The van der Waals surface area contributed by atoms with Gasteiger partial charge in [-0.2, -0.15) is 0 Å². The van der Waals surface area contributed by atoms with E-state index in [0.717, 1.165) is 0 Å². The summed E-state index contributed by atoms with van der Waals surface area (Å²) in [6.07, 6.45) is 1.74. The first kappa shape index (κ1) is 16.3. The normalized spacial score (nSPS) is 11.5. The second kappa shape index (κ2) is 7.81. The molecule has 0 aliphatic carbocycles. The Bertz CT molecular complexity index is 637. The Morgan fingerprint density at radius 1 is 1.59 bits per heavy atom. The van der Waals surface area contributed by atoms with Crippen LogP contribution in [0.3, 0.4) is 0 Å². The summed E-state index contributed by atoms with van der Waals surface area (Å²) < 4.78 is 18.6. The molecule has 8 heteroatoms. The molecule has 0 amide bonds. The minimum Gasteiger partial charge on any atom is -0.467 e. The number of methoxy groups -OCH3 is 1. The molecule has 1 aromatic heterocycles. The van der Waals surface area contributed by atoms with Gasteiger partial charge in [0.1, 0.15) is 5.82 Å². The quantitative estimate of drug-likeness (QED) is 0.475. The summed E-state index contributed by atoms with van der Waals surface area (Å²) in [6.45, 7) is 0. The monoisotopic (exact) mass is 339 g/mol. The number of hydrogen-bond donors (Lipinski definition) is 1. The molecule has 1 unspecified atom stereocenters. The van der Waals surface area contributed by atoms with Crippen molar-refractivity contribution >= 4 is 40.1 Å². The zero-order valence-corrected chi connectivity index (χ0v) is 13.4. The van der Waals surface area contributed by atoms with Gasteiger partial charge in [-0.15, -0.1) is 11.3 Å². The molecule has 0 saturated heterocycles. The van der Waals surface area contributed by atoms with Crippen molar-refractivity contribution in [1.29, 1.82) is 0 Å². The maximum absolute atomic E-state index is 13.8.